The lowest BCUT2D eigenvalue weighted by molar-refractivity contribution is 0.200. The van der Waals surface area contributed by atoms with Crippen LogP contribution in [0, 0.1) is 0 Å². The SMILES string of the molecule is NC(=NCc1cccc(-c2cnc(N3CC[C@H](F)C3)nc2)c1)NC(=O)O. The zero-order chi connectivity index (χ0) is 18.5. The molecule has 4 N–H and O–H groups in total. The summed E-state index contributed by atoms with van der Waals surface area (Å²) >= 11 is 0. The Morgan fingerprint density at radius 2 is 2.15 bits per heavy atom. The van der Waals surface area contributed by atoms with Gasteiger partial charge < -0.3 is 15.7 Å². The van der Waals surface area contributed by atoms with E-state index in [2.05, 4.69) is 15.0 Å². The van der Waals surface area contributed by atoms with Gasteiger partial charge in [-0.3, -0.25) is 5.32 Å². The molecule has 1 aliphatic heterocycles. The van der Waals surface area contributed by atoms with Gasteiger partial charge in [-0.25, -0.2) is 24.1 Å². The van der Waals surface area contributed by atoms with Crippen LogP contribution in [-0.4, -0.2) is 46.4 Å². The molecule has 0 radical (unpaired) electrons. The standard InChI is InChI=1S/C17H19FN6O2/c18-14-4-5-24(10-14)16-21-8-13(9-22-16)12-3-1-2-11(6-12)7-20-15(19)23-17(25)26/h1-3,6,8-9,14H,4-5,7,10H2,(H,25,26)(H3,19,20,23)/t14-/m0/s1. The van der Waals surface area contributed by atoms with E-state index in [9.17, 15) is 9.18 Å². The summed E-state index contributed by atoms with van der Waals surface area (Å²) in [5.41, 5.74) is 8.05. The quantitative estimate of drug-likeness (QED) is 0.566. The maximum Gasteiger partial charge on any atom is 0.411 e. The second-order valence-electron chi connectivity index (χ2n) is 5.94. The Labute approximate surface area is 149 Å². The third kappa shape index (κ3) is 4.44. The number of guanidine groups is 1. The first-order valence-electron chi connectivity index (χ1n) is 8.11. The minimum absolute atomic E-state index is 0.160. The largest absolute Gasteiger partial charge is 0.465 e. The highest BCUT2D eigenvalue weighted by atomic mass is 19.1. The highest BCUT2D eigenvalue weighted by molar-refractivity contribution is 5.91. The zero-order valence-electron chi connectivity index (χ0n) is 14.0. The van der Waals surface area contributed by atoms with E-state index in [1.54, 1.807) is 12.4 Å². The van der Waals surface area contributed by atoms with Crippen molar-refractivity contribution < 1.29 is 14.3 Å². The van der Waals surface area contributed by atoms with Gasteiger partial charge in [0.05, 0.1) is 13.1 Å². The Balaban J connectivity index is 1.70. The van der Waals surface area contributed by atoms with Crippen molar-refractivity contribution in [2.75, 3.05) is 18.0 Å². The summed E-state index contributed by atoms with van der Waals surface area (Å²) in [6.07, 6.45) is 1.84. The molecule has 0 unspecified atom stereocenters. The molecule has 1 saturated heterocycles. The second-order valence-corrected chi connectivity index (χ2v) is 5.94. The fourth-order valence-corrected chi connectivity index (χ4v) is 2.71. The lowest BCUT2D eigenvalue weighted by atomic mass is 10.1. The number of nitrogens with zero attached hydrogens (tertiary/aromatic N) is 4. The molecule has 0 bridgehead atoms. The molecule has 0 aliphatic carbocycles. The van der Waals surface area contributed by atoms with Crippen molar-refractivity contribution in [3.8, 4) is 11.1 Å². The van der Waals surface area contributed by atoms with E-state index < -0.39 is 12.3 Å². The van der Waals surface area contributed by atoms with E-state index in [0.717, 1.165) is 16.7 Å². The Bertz CT molecular complexity index is 811. The third-order valence-electron chi connectivity index (χ3n) is 3.98. The molecule has 9 heteroatoms. The van der Waals surface area contributed by atoms with E-state index in [1.165, 1.54) is 0 Å². The van der Waals surface area contributed by atoms with E-state index >= 15 is 0 Å². The summed E-state index contributed by atoms with van der Waals surface area (Å²) in [5.74, 6) is 0.370. The average Bonchev–Trinajstić information content (AvgIpc) is 3.06. The van der Waals surface area contributed by atoms with Crippen molar-refractivity contribution >= 4 is 18.0 Å². The first-order chi connectivity index (χ1) is 12.5. The molecule has 2 aromatic rings. The topological polar surface area (TPSA) is 117 Å². The molecule has 136 valence electrons. The number of carboxylic acid groups (broad SMARTS) is 1. The molecule has 1 atom stereocenters. The fraction of sp³-hybridized carbons (Fsp3) is 0.294. The number of alkyl halides is 1. The van der Waals surface area contributed by atoms with Crippen molar-refractivity contribution in [1.29, 1.82) is 0 Å². The maximum absolute atomic E-state index is 13.3. The first-order valence-corrected chi connectivity index (χ1v) is 8.11. The van der Waals surface area contributed by atoms with Crippen LogP contribution in [0.2, 0.25) is 0 Å². The van der Waals surface area contributed by atoms with Crippen molar-refractivity contribution in [2.24, 2.45) is 10.7 Å². The van der Waals surface area contributed by atoms with Gasteiger partial charge >= 0.3 is 6.09 Å². The predicted octanol–water partition coefficient (Wildman–Crippen LogP) is 1.77. The van der Waals surface area contributed by atoms with E-state index in [-0.39, 0.29) is 12.5 Å². The van der Waals surface area contributed by atoms with Crippen LogP contribution < -0.4 is 16.0 Å². The van der Waals surface area contributed by atoms with Gasteiger partial charge in [0.1, 0.15) is 6.17 Å². The number of amides is 1. The van der Waals surface area contributed by atoms with Crippen LogP contribution in [0.25, 0.3) is 11.1 Å². The molecule has 1 aromatic carbocycles. The maximum atomic E-state index is 13.3. The second kappa shape index (κ2) is 7.77. The molecule has 8 nitrogen and oxygen atoms in total. The number of aromatic nitrogens is 2. The predicted molar refractivity (Wildman–Crippen MR) is 95.7 cm³/mol. The van der Waals surface area contributed by atoms with Gasteiger partial charge in [0.15, 0.2) is 5.96 Å². The fourth-order valence-electron chi connectivity index (χ4n) is 2.71. The van der Waals surface area contributed by atoms with Gasteiger partial charge in [0.25, 0.3) is 0 Å². The number of hydrogen-bond donors (Lipinski definition) is 3. The van der Waals surface area contributed by atoms with E-state index in [1.807, 2.05) is 34.5 Å². The van der Waals surface area contributed by atoms with Crippen LogP contribution in [0.5, 0.6) is 0 Å². The molecule has 1 aliphatic rings. The highest BCUT2D eigenvalue weighted by Crippen LogP contribution is 2.22. The molecule has 1 amide bonds. The van der Waals surface area contributed by atoms with Crippen molar-refractivity contribution in [1.82, 2.24) is 15.3 Å². The number of nitrogens with one attached hydrogen (secondary N) is 1. The molecule has 2 heterocycles. The zero-order valence-corrected chi connectivity index (χ0v) is 14.0. The molecule has 1 aromatic heterocycles. The van der Waals surface area contributed by atoms with Gasteiger partial charge in [-0.2, -0.15) is 0 Å². The Hall–Kier alpha value is -3.23. The van der Waals surface area contributed by atoms with Crippen molar-refractivity contribution in [2.45, 2.75) is 19.1 Å². The summed E-state index contributed by atoms with van der Waals surface area (Å²) in [6, 6.07) is 7.55. The van der Waals surface area contributed by atoms with Crippen LogP contribution in [0.1, 0.15) is 12.0 Å². The molecule has 0 saturated carbocycles. The van der Waals surface area contributed by atoms with Gasteiger partial charge in [-0.05, 0) is 23.6 Å². The lowest BCUT2D eigenvalue weighted by Gasteiger charge is -2.14. The average molecular weight is 358 g/mol. The first kappa shape index (κ1) is 17.6. The molecule has 1 fully saturated rings. The number of hydrogen-bond acceptors (Lipinski definition) is 5. The number of halogens is 1. The van der Waals surface area contributed by atoms with Crippen molar-refractivity contribution in [3.05, 3.63) is 42.2 Å². The normalized spacial score (nSPS) is 17.3. The third-order valence-corrected chi connectivity index (χ3v) is 3.98. The van der Waals surface area contributed by atoms with Gasteiger partial charge in [-0.15, -0.1) is 0 Å². The van der Waals surface area contributed by atoms with Crippen LogP contribution in [0.15, 0.2) is 41.7 Å². The number of aliphatic imine (C=N–C) groups is 1. The molecule has 3 rings (SSSR count). The minimum Gasteiger partial charge on any atom is -0.465 e. The summed E-state index contributed by atoms with van der Waals surface area (Å²) in [6.45, 7) is 1.20. The number of carbonyl (C=O) groups is 1. The van der Waals surface area contributed by atoms with Gasteiger partial charge in [0, 0.05) is 24.5 Å². The monoisotopic (exact) mass is 358 g/mol. The molecule has 0 spiro atoms. The lowest BCUT2D eigenvalue weighted by Crippen LogP contribution is -2.35. The number of benzene rings is 1. The number of nitrogens with two attached hydrogens (primary N) is 1. The van der Waals surface area contributed by atoms with Crippen LogP contribution in [-0.2, 0) is 6.54 Å². The van der Waals surface area contributed by atoms with E-state index in [0.29, 0.717) is 25.5 Å². The Morgan fingerprint density at radius 1 is 1.38 bits per heavy atom. The molecule has 26 heavy (non-hydrogen) atoms. The summed E-state index contributed by atoms with van der Waals surface area (Å²) < 4.78 is 13.3. The van der Waals surface area contributed by atoms with Gasteiger partial charge in [0.2, 0.25) is 5.95 Å². The van der Waals surface area contributed by atoms with Crippen LogP contribution in [0.4, 0.5) is 15.1 Å². The number of anilines is 1. The van der Waals surface area contributed by atoms with Crippen LogP contribution in [0.3, 0.4) is 0 Å². The van der Waals surface area contributed by atoms with Crippen LogP contribution >= 0.6 is 0 Å². The summed E-state index contributed by atoms with van der Waals surface area (Å²) in [4.78, 5) is 25.0. The summed E-state index contributed by atoms with van der Waals surface area (Å²) in [7, 11) is 0. The Morgan fingerprint density at radius 3 is 2.81 bits per heavy atom. The minimum atomic E-state index is -1.26. The molecular formula is C17H19FN6O2. The number of rotatable bonds is 4. The smallest absolute Gasteiger partial charge is 0.411 e. The Kier molecular flexibility index (Phi) is 5.26. The van der Waals surface area contributed by atoms with Gasteiger partial charge in [-0.1, -0.05) is 18.2 Å². The molecular weight excluding hydrogens is 339 g/mol. The van der Waals surface area contributed by atoms with Crippen molar-refractivity contribution in [3.63, 3.8) is 0 Å². The summed E-state index contributed by atoms with van der Waals surface area (Å²) in [5, 5.41) is 10.6. The van der Waals surface area contributed by atoms with E-state index in [4.69, 9.17) is 10.8 Å². The highest BCUT2D eigenvalue weighted by Gasteiger charge is 2.23.